The van der Waals surface area contributed by atoms with Gasteiger partial charge in [0.05, 0.1) is 13.0 Å². The first-order valence-corrected chi connectivity index (χ1v) is 7.55. The molecule has 3 rings (SSSR count). The summed E-state index contributed by atoms with van der Waals surface area (Å²) >= 11 is 0. The summed E-state index contributed by atoms with van der Waals surface area (Å²) in [5.74, 6) is 1.29. The molecule has 3 N–H and O–H groups in total. The van der Waals surface area contributed by atoms with Crippen molar-refractivity contribution >= 4 is 24.0 Å². The molecule has 1 aliphatic heterocycles. The first-order valence-electron chi connectivity index (χ1n) is 7.55. The highest BCUT2D eigenvalue weighted by atomic mass is 35.5. The fourth-order valence-corrected chi connectivity index (χ4v) is 2.75. The Morgan fingerprint density at radius 2 is 1.91 bits per heavy atom. The lowest BCUT2D eigenvalue weighted by Crippen LogP contribution is -2.31. The Kier molecular flexibility index (Phi) is 5.88. The Labute approximate surface area is 142 Å². The second-order valence-corrected chi connectivity index (χ2v) is 5.59. The van der Waals surface area contributed by atoms with Crippen molar-refractivity contribution in [2.24, 2.45) is 0 Å². The number of fused-ring (bicyclic) bond motifs is 1. The summed E-state index contributed by atoms with van der Waals surface area (Å²) in [5.41, 5.74) is 8.51. The second-order valence-electron chi connectivity index (χ2n) is 5.59. The van der Waals surface area contributed by atoms with Gasteiger partial charge in [-0.2, -0.15) is 0 Å². The molecule has 2 aromatic rings. The summed E-state index contributed by atoms with van der Waals surface area (Å²) in [7, 11) is 0. The summed E-state index contributed by atoms with van der Waals surface area (Å²) < 4.78 is 5.64. The number of ether oxygens (including phenoxy) is 1. The Morgan fingerprint density at radius 3 is 2.70 bits per heavy atom. The molecular formula is C18H21ClN2O2. The van der Waals surface area contributed by atoms with Crippen LogP contribution in [-0.4, -0.2) is 19.1 Å². The van der Waals surface area contributed by atoms with Crippen molar-refractivity contribution in [3.63, 3.8) is 0 Å². The van der Waals surface area contributed by atoms with Crippen molar-refractivity contribution < 1.29 is 9.53 Å². The molecule has 0 radical (unpaired) electrons. The summed E-state index contributed by atoms with van der Waals surface area (Å²) in [4.78, 5) is 12.1. The predicted octanol–water partition coefficient (Wildman–Crippen LogP) is 2.92. The van der Waals surface area contributed by atoms with E-state index in [9.17, 15) is 4.79 Å². The van der Waals surface area contributed by atoms with Crippen molar-refractivity contribution in [1.29, 1.82) is 0 Å². The molecule has 1 atom stereocenters. The zero-order valence-electron chi connectivity index (χ0n) is 12.8. The minimum Gasteiger partial charge on any atom is -0.493 e. The Hall–Kier alpha value is -2.20. The predicted molar refractivity (Wildman–Crippen MR) is 94.1 cm³/mol. The summed E-state index contributed by atoms with van der Waals surface area (Å²) in [6.45, 7) is 1.35. The van der Waals surface area contributed by atoms with Crippen LogP contribution in [0.3, 0.4) is 0 Å². The summed E-state index contributed by atoms with van der Waals surface area (Å²) in [5, 5.41) is 3.03. The Morgan fingerprint density at radius 1 is 1.17 bits per heavy atom. The van der Waals surface area contributed by atoms with Crippen LogP contribution in [0.2, 0.25) is 0 Å². The molecule has 0 saturated heterocycles. The van der Waals surface area contributed by atoms with Gasteiger partial charge in [0.1, 0.15) is 5.75 Å². The van der Waals surface area contributed by atoms with E-state index in [0.717, 1.165) is 17.7 Å². The quantitative estimate of drug-likeness (QED) is 0.846. The molecule has 1 amide bonds. The van der Waals surface area contributed by atoms with Gasteiger partial charge in [-0.15, -0.1) is 12.4 Å². The van der Waals surface area contributed by atoms with Crippen LogP contribution < -0.4 is 15.8 Å². The number of nitrogens with two attached hydrogens (primary N) is 1. The van der Waals surface area contributed by atoms with Gasteiger partial charge in [0.2, 0.25) is 5.91 Å². The third-order valence-electron chi connectivity index (χ3n) is 3.97. The monoisotopic (exact) mass is 332 g/mol. The maximum absolute atomic E-state index is 12.1. The van der Waals surface area contributed by atoms with Crippen LogP contribution in [0.4, 0.5) is 5.69 Å². The van der Waals surface area contributed by atoms with Gasteiger partial charge in [-0.3, -0.25) is 4.79 Å². The van der Waals surface area contributed by atoms with Crippen LogP contribution in [0, 0.1) is 0 Å². The highest BCUT2D eigenvalue weighted by Crippen LogP contribution is 2.32. The third kappa shape index (κ3) is 4.39. The third-order valence-corrected chi connectivity index (χ3v) is 3.97. The molecule has 23 heavy (non-hydrogen) atoms. The summed E-state index contributed by atoms with van der Waals surface area (Å²) in [6.07, 6.45) is 1.31. The number of anilines is 1. The van der Waals surface area contributed by atoms with Crippen LogP contribution in [-0.2, 0) is 11.2 Å². The average molecular weight is 333 g/mol. The van der Waals surface area contributed by atoms with Gasteiger partial charge in [0.15, 0.2) is 0 Å². The van der Waals surface area contributed by atoms with Gasteiger partial charge < -0.3 is 15.8 Å². The van der Waals surface area contributed by atoms with Gasteiger partial charge in [0.25, 0.3) is 0 Å². The van der Waals surface area contributed by atoms with E-state index in [1.165, 1.54) is 5.56 Å². The molecule has 0 fully saturated rings. The summed E-state index contributed by atoms with van der Waals surface area (Å²) in [6, 6.07) is 15.5. The lowest BCUT2D eigenvalue weighted by molar-refractivity contribution is -0.120. The molecule has 2 aromatic carbocycles. The van der Waals surface area contributed by atoms with Crippen LogP contribution >= 0.6 is 12.4 Å². The standard InChI is InChI=1S/C18H20N2O2.ClH/c19-15-7-5-13(6-8-15)11-18(21)20-12-14-9-10-22-17-4-2-1-3-16(14)17;/h1-8,14H,9-12,19H2,(H,20,21);1H. The SMILES string of the molecule is Cl.Nc1ccc(CC(=O)NCC2CCOc3ccccc32)cc1. The fraction of sp³-hybridized carbons (Fsp3) is 0.278. The fourth-order valence-electron chi connectivity index (χ4n) is 2.75. The lowest BCUT2D eigenvalue weighted by atomic mass is 9.93. The van der Waals surface area contributed by atoms with Crippen LogP contribution in [0.15, 0.2) is 48.5 Å². The number of para-hydroxylation sites is 1. The number of hydrogen-bond donors (Lipinski definition) is 2. The highest BCUT2D eigenvalue weighted by molar-refractivity contribution is 5.85. The molecule has 1 aliphatic rings. The first-order chi connectivity index (χ1) is 10.7. The molecule has 0 aliphatic carbocycles. The van der Waals surface area contributed by atoms with E-state index in [1.807, 2.05) is 42.5 Å². The topological polar surface area (TPSA) is 64.4 Å². The zero-order valence-corrected chi connectivity index (χ0v) is 13.6. The van der Waals surface area contributed by atoms with Crippen molar-refractivity contribution in [2.75, 3.05) is 18.9 Å². The van der Waals surface area contributed by atoms with Crippen molar-refractivity contribution in [2.45, 2.75) is 18.8 Å². The number of nitrogen functional groups attached to an aromatic ring is 1. The van der Waals surface area contributed by atoms with E-state index in [-0.39, 0.29) is 18.3 Å². The Bertz CT molecular complexity index is 658. The number of amides is 1. The van der Waals surface area contributed by atoms with Gasteiger partial charge in [-0.25, -0.2) is 0 Å². The minimum absolute atomic E-state index is 0. The molecule has 0 bridgehead atoms. The normalized spacial score (nSPS) is 15.7. The number of benzene rings is 2. The number of hydrogen-bond acceptors (Lipinski definition) is 3. The number of nitrogens with one attached hydrogen (secondary N) is 1. The molecule has 0 aromatic heterocycles. The van der Waals surface area contributed by atoms with Gasteiger partial charge >= 0.3 is 0 Å². The zero-order chi connectivity index (χ0) is 15.4. The number of rotatable bonds is 4. The van der Waals surface area contributed by atoms with E-state index >= 15 is 0 Å². The number of halogens is 1. The molecule has 1 heterocycles. The smallest absolute Gasteiger partial charge is 0.224 e. The van der Waals surface area contributed by atoms with Crippen molar-refractivity contribution in [1.82, 2.24) is 5.32 Å². The van der Waals surface area contributed by atoms with Gasteiger partial charge in [-0.1, -0.05) is 30.3 Å². The largest absolute Gasteiger partial charge is 0.493 e. The molecule has 5 heteroatoms. The maximum Gasteiger partial charge on any atom is 0.224 e. The van der Waals surface area contributed by atoms with Crippen molar-refractivity contribution in [3.05, 3.63) is 59.7 Å². The second kappa shape index (κ2) is 7.88. The number of carbonyl (C=O) groups is 1. The van der Waals surface area contributed by atoms with E-state index in [4.69, 9.17) is 10.5 Å². The van der Waals surface area contributed by atoms with E-state index in [0.29, 0.717) is 31.2 Å². The lowest BCUT2D eigenvalue weighted by Gasteiger charge is -2.26. The molecule has 1 unspecified atom stereocenters. The number of carbonyl (C=O) groups excluding carboxylic acids is 1. The molecule has 4 nitrogen and oxygen atoms in total. The molecule has 0 spiro atoms. The maximum atomic E-state index is 12.1. The van der Waals surface area contributed by atoms with Crippen molar-refractivity contribution in [3.8, 4) is 5.75 Å². The van der Waals surface area contributed by atoms with Crippen LogP contribution in [0.25, 0.3) is 0 Å². The van der Waals surface area contributed by atoms with E-state index in [1.54, 1.807) is 0 Å². The first kappa shape index (κ1) is 17.2. The van der Waals surface area contributed by atoms with Gasteiger partial charge in [0, 0.05) is 18.2 Å². The Balaban J connectivity index is 0.00000192. The van der Waals surface area contributed by atoms with E-state index in [2.05, 4.69) is 11.4 Å². The van der Waals surface area contributed by atoms with Gasteiger partial charge in [-0.05, 0) is 35.7 Å². The molecular weight excluding hydrogens is 312 g/mol. The van der Waals surface area contributed by atoms with Crippen LogP contribution in [0.5, 0.6) is 5.75 Å². The highest BCUT2D eigenvalue weighted by Gasteiger charge is 2.21. The molecule has 0 saturated carbocycles. The molecule has 122 valence electrons. The van der Waals surface area contributed by atoms with Crippen LogP contribution in [0.1, 0.15) is 23.5 Å². The minimum atomic E-state index is 0. The van der Waals surface area contributed by atoms with E-state index < -0.39 is 0 Å². The average Bonchev–Trinajstić information content (AvgIpc) is 2.55.